The molecule has 1 atom stereocenters. The molecule has 0 spiro atoms. The predicted molar refractivity (Wildman–Crippen MR) is 68.0 cm³/mol. The Morgan fingerprint density at radius 3 is 2.59 bits per heavy atom. The van der Waals surface area contributed by atoms with E-state index in [1.165, 1.54) is 5.56 Å². The van der Waals surface area contributed by atoms with E-state index in [4.69, 9.17) is 10.5 Å². The molecule has 94 valence electrons. The SMILES string of the molecule is CCNC(C)Cc1ccc(OCC(N)=O)cc1. The van der Waals surface area contributed by atoms with Crippen LogP contribution in [0.5, 0.6) is 5.75 Å². The summed E-state index contributed by atoms with van der Waals surface area (Å²) in [6.45, 7) is 5.15. The van der Waals surface area contributed by atoms with Gasteiger partial charge in [0.05, 0.1) is 0 Å². The number of likely N-dealkylation sites (N-methyl/N-ethyl adjacent to an activating group) is 1. The number of benzene rings is 1. The van der Waals surface area contributed by atoms with Gasteiger partial charge >= 0.3 is 0 Å². The van der Waals surface area contributed by atoms with Gasteiger partial charge in [0.25, 0.3) is 5.91 Å². The van der Waals surface area contributed by atoms with Crippen molar-refractivity contribution >= 4 is 5.91 Å². The summed E-state index contributed by atoms with van der Waals surface area (Å²) in [5.74, 6) is 0.207. The average molecular weight is 236 g/mol. The number of carbonyl (C=O) groups excluding carboxylic acids is 1. The summed E-state index contributed by atoms with van der Waals surface area (Å²) in [5, 5.41) is 3.36. The molecule has 0 fully saturated rings. The van der Waals surface area contributed by atoms with E-state index < -0.39 is 5.91 Å². The fraction of sp³-hybridized carbons (Fsp3) is 0.462. The lowest BCUT2D eigenvalue weighted by Crippen LogP contribution is -2.27. The average Bonchev–Trinajstić information content (AvgIpc) is 2.28. The molecule has 4 heteroatoms. The number of hydrogen-bond acceptors (Lipinski definition) is 3. The Balaban J connectivity index is 2.47. The standard InChI is InChI=1S/C13H20N2O2/c1-3-15-10(2)8-11-4-6-12(7-5-11)17-9-13(14)16/h4-7,10,15H,3,8-9H2,1-2H3,(H2,14,16). The smallest absolute Gasteiger partial charge is 0.255 e. The first-order chi connectivity index (χ1) is 8.11. The molecule has 0 saturated carbocycles. The molecule has 1 unspecified atom stereocenters. The van der Waals surface area contributed by atoms with Crippen molar-refractivity contribution in [1.29, 1.82) is 0 Å². The summed E-state index contributed by atoms with van der Waals surface area (Å²) in [7, 11) is 0. The molecule has 0 aliphatic carbocycles. The van der Waals surface area contributed by atoms with Crippen LogP contribution in [0.1, 0.15) is 19.4 Å². The first-order valence-electron chi connectivity index (χ1n) is 5.85. The van der Waals surface area contributed by atoms with Crippen molar-refractivity contribution in [1.82, 2.24) is 5.32 Å². The topological polar surface area (TPSA) is 64.3 Å². The molecule has 1 amide bonds. The molecule has 0 saturated heterocycles. The zero-order valence-corrected chi connectivity index (χ0v) is 10.4. The van der Waals surface area contributed by atoms with Gasteiger partial charge in [-0.05, 0) is 37.6 Å². The molecule has 4 nitrogen and oxygen atoms in total. The monoisotopic (exact) mass is 236 g/mol. The third-order valence-electron chi connectivity index (χ3n) is 2.40. The van der Waals surface area contributed by atoms with Gasteiger partial charge in [0, 0.05) is 6.04 Å². The number of hydrogen-bond donors (Lipinski definition) is 2. The van der Waals surface area contributed by atoms with E-state index in [2.05, 4.69) is 19.2 Å². The van der Waals surface area contributed by atoms with Crippen LogP contribution in [0.2, 0.25) is 0 Å². The lowest BCUT2D eigenvalue weighted by atomic mass is 10.1. The molecule has 1 rings (SSSR count). The van der Waals surface area contributed by atoms with E-state index in [9.17, 15) is 4.79 Å². The van der Waals surface area contributed by atoms with E-state index in [0.717, 1.165) is 13.0 Å². The lowest BCUT2D eigenvalue weighted by molar-refractivity contribution is -0.119. The normalized spacial score (nSPS) is 12.1. The third-order valence-corrected chi connectivity index (χ3v) is 2.40. The summed E-state index contributed by atoms with van der Waals surface area (Å²) in [6, 6.07) is 8.18. The van der Waals surface area contributed by atoms with Gasteiger partial charge in [-0.2, -0.15) is 0 Å². The fourth-order valence-corrected chi connectivity index (χ4v) is 1.65. The van der Waals surface area contributed by atoms with Crippen LogP contribution in [0.4, 0.5) is 0 Å². The Bertz CT molecular complexity index is 349. The molecular weight excluding hydrogens is 216 g/mol. The van der Waals surface area contributed by atoms with Gasteiger partial charge in [-0.25, -0.2) is 0 Å². The maximum Gasteiger partial charge on any atom is 0.255 e. The minimum Gasteiger partial charge on any atom is -0.484 e. The summed E-state index contributed by atoms with van der Waals surface area (Å²) in [4.78, 5) is 10.5. The molecule has 17 heavy (non-hydrogen) atoms. The molecule has 0 radical (unpaired) electrons. The highest BCUT2D eigenvalue weighted by Gasteiger charge is 2.02. The number of rotatable bonds is 7. The van der Waals surface area contributed by atoms with Gasteiger partial charge in [-0.15, -0.1) is 0 Å². The van der Waals surface area contributed by atoms with Crippen LogP contribution in [0, 0.1) is 0 Å². The second-order valence-corrected chi connectivity index (χ2v) is 4.06. The van der Waals surface area contributed by atoms with Crippen LogP contribution in [0.25, 0.3) is 0 Å². The number of amides is 1. The molecule has 3 N–H and O–H groups in total. The van der Waals surface area contributed by atoms with Crippen molar-refractivity contribution in [2.75, 3.05) is 13.2 Å². The van der Waals surface area contributed by atoms with Gasteiger partial charge < -0.3 is 15.8 Å². The second kappa shape index (κ2) is 6.91. The van der Waals surface area contributed by atoms with Gasteiger partial charge in [-0.1, -0.05) is 19.1 Å². The zero-order valence-electron chi connectivity index (χ0n) is 10.4. The number of carbonyl (C=O) groups is 1. The molecule has 0 bridgehead atoms. The number of nitrogens with two attached hydrogens (primary N) is 1. The minimum atomic E-state index is -0.463. The van der Waals surface area contributed by atoms with E-state index in [1.807, 2.05) is 24.3 Å². The summed E-state index contributed by atoms with van der Waals surface area (Å²) in [6.07, 6.45) is 0.976. The summed E-state index contributed by atoms with van der Waals surface area (Å²) < 4.78 is 5.18. The maximum atomic E-state index is 10.5. The quantitative estimate of drug-likeness (QED) is 0.745. The lowest BCUT2D eigenvalue weighted by Gasteiger charge is -2.12. The van der Waals surface area contributed by atoms with Crippen LogP contribution in [-0.2, 0) is 11.2 Å². The van der Waals surface area contributed by atoms with Crippen molar-refractivity contribution in [3.63, 3.8) is 0 Å². The highest BCUT2D eigenvalue weighted by Crippen LogP contribution is 2.13. The van der Waals surface area contributed by atoms with E-state index in [1.54, 1.807) is 0 Å². The van der Waals surface area contributed by atoms with Crippen molar-refractivity contribution in [2.24, 2.45) is 5.73 Å². The highest BCUT2D eigenvalue weighted by atomic mass is 16.5. The molecule has 0 heterocycles. The van der Waals surface area contributed by atoms with Crippen LogP contribution < -0.4 is 15.8 Å². The molecule has 0 aliphatic rings. The van der Waals surface area contributed by atoms with Crippen molar-refractivity contribution < 1.29 is 9.53 Å². The molecular formula is C13H20N2O2. The van der Waals surface area contributed by atoms with Crippen molar-refractivity contribution in [2.45, 2.75) is 26.3 Å². The molecule has 1 aromatic rings. The number of ether oxygens (including phenoxy) is 1. The largest absolute Gasteiger partial charge is 0.484 e. The van der Waals surface area contributed by atoms with E-state index >= 15 is 0 Å². The Hall–Kier alpha value is -1.55. The predicted octanol–water partition coefficient (Wildman–Crippen LogP) is 1.09. The van der Waals surface area contributed by atoms with E-state index in [-0.39, 0.29) is 6.61 Å². The zero-order chi connectivity index (χ0) is 12.7. The summed E-state index contributed by atoms with van der Waals surface area (Å²) >= 11 is 0. The van der Waals surface area contributed by atoms with Crippen LogP contribution >= 0.6 is 0 Å². The Labute approximate surface area is 102 Å². The highest BCUT2D eigenvalue weighted by molar-refractivity contribution is 5.75. The van der Waals surface area contributed by atoms with Crippen LogP contribution in [0.15, 0.2) is 24.3 Å². The fourth-order valence-electron chi connectivity index (χ4n) is 1.65. The first-order valence-corrected chi connectivity index (χ1v) is 5.85. The van der Waals surface area contributed by atoms with E-state index in [0.29, 0.717) is 11.8 Å². The number of nitrogens with one attached hydrogen (secondary N) is 1. The Kier molecular flexibility index (Phi) is 5.49. The Morgan fingerprint density at radius 2 is 2.06 bits per heavy atom. The van der Waals surface area contributed by atoms with Crippen LogP contribution in [0.3, 0.4) is 0 Å². The van der Waals surface area contributed by atoms with Crippen molar-refractivity contribution in [3.05, 3.63) is 29.8 Å². The molecule has 0 aromatic heterocycles. The van der Waals surface area contributed by atoms with Gasteiger partial charge in [0.1, 0.15) is 5.75 Å². The Morgan fingerprint density at radius 1 is 1.41 bits per heavy atom. The third kappa shape index (κ3) is 5.36. The minimum absolute atomic E-state index is 0.0763. The van der Waals surface area contributed by atoms with Crippen molar-refractivity contribution in [3.8, 4) is 5.75 Å². The van der Waals surface area contributed by atoms with Gasteiger partial charge in [0.15, 0.2) is 6.61 Å². The van der Waals surface area contributed by atoms with Gasteiger partial charge in [0.2, 0.25) is 0 Å². The van der Waals surface area contributed by atoms with Crippen LogP contribution in [-0.4, -0.2) is 25.1 Å². The molecule has 0 aliphatic heterocycles. The van der Waals surface area contributed by atoms with Gasteiger partial charge in [-0.3, -0.25) is 4.79 Å². The second-order valence-electron chi connectivity index (χ2n) is 4.06. The molecule has 1 aromatic carbocycles. The number of primary amides is 1. The maximum absolute atomic E-state index is 10.5. The summed E-state index contributed by atoms with van der Waals surface area (Å²) in [5.41, 5.74) is 6.24. The first kappa shape index (κ1) is 13.5.